The lowest BCUT2D eigenvalue weighted by Crippen LogP contribution is -2.33. The van der Waals surface area contributed by atoms with Crippen LogP contribution in [-0.4, -0.2) is 32.2 Å². The summed E-state index contributed by atoms with van der Waals surface area (Å²) >= 11 is 0. The number of nitrogens with one attached hydrogen (secondary N) is 1. The van der Waals surface area contributed by atoms with Gasteiger partial charge in [0.05, 0.1) is 12.5 Å². The maximum atomic E-state index is 11.7. The molecule has 2 rings (SSSR count). The molecular weight excluding hydrogens is 300 g/mol. The standard InChI is InChI=1S/C17H22N2O2.ClH/c1-21-16(12-18)11-17(20)19-9-8-13-6-7-14-4-2-3-5-15(14)10-13;/h2-7,10,16H,8-9,11-12,18H2,1H3,(H,19,20);1H. The Kier molecular flexibility index (Phi) is 7.88. The first-order valence-electron chi connectivity index (χ1n) is 7.20. The Bertz CT molecular complexity index is 600. The van der Waals surface area contributed by atoms with Crippen molar-refractivity contribution in [2.75, 3.05) is 20.2 Å². The number of hydrogen-bond donors (Lipinski definition) is 2. The van der Waals surface area contributed by atoms with Gasteiger partial charge in [0.15, 0.2) is 0 Å². The predicted molar refractivity (Wildman–Crippen MR) is 92.4 cm³/mol. The summed E-state index contributed by atoms with van der Waals surface area (Å²) < 4.78 is 5.10. The normalized spacial score (nSPS) is 11.7. The summed E-state index contributed by atoms with van der Waals surface area (Å²) in [5, 5.41) is 5.36. The molecule has 0 aromatic heterocycles. The fraction of sp³-hybridized carbons (Fsp3) is 0.353. The first kappa shape index (κ1) is 18.4. The van der Waals surface area contributed by atoms with Gasteiger partial charge in [-0.1, -0.05) is 42.5 Å². The molecule has 0 radical (unpaired) electrons. The van der Waals surface area contributed by atoms with Gasteiger partial charge in [-0.3, -0.25) is 4.79 Å². The van der Waals surface area contributed by atoms with E-state index in [1.165, 1.54) is 16.3 Å². The second-order valence-corrected chi connectivity index (χ2v) is 5.08. The molecule has 0 aliphatic carbocycles. The number of benzene rings is 2. The van der Waals surface area contributed by atoms with Crippen LogP contribution < -0.4 is 11.1 Å². The molecule has 3 N–H and O–H groups in total. The number of amides is 1. The molecule has 0 heterocycles. The number of rotatable bonds is 7. The lowest BCUT2D eigenvalue weighted by Gasteiger charge is -2.12. The van der Waals surface area contributed by atoms with E-state index in [0.717, 1.165) is 6.42 Å². The van der Waals surface area contributed by atoms with Crippen LogP contribution in [0.4, 0.5) is 0 Å². The molecule has 1 amide bonds. The molecule has 0 bridgehead atoms. The summed E-state index contributed by atoms with van der Waals surface area (Å²) in [5.74, 6) is -0.0203. The third kappa shape index (κ3) is 5.30. The fourth-order valence-corrected chi connectivity index (χ4v) is 2.28. The van der Waals surface area contributed by atoms with Crippen molar-refractivity contribution in [1.29, 1.82) is 0 Å². The Hall–Kier alpha value is -1.62. The van der Waals surface area contributed by atoms with Gasteiger partial charge in [0.2, 0.25) is 5.91 Å². The van der Waals surface area contributed by atoms with Gasteiger partial charge in [0.1, 0.15) is 0 Å². The van der Waals surface area contributed by atoms with Gasteiger partial charge in [-0.15, -0.1) is 12.4 Å². The van der Waals surface area contributed by atoms with E-state index in [0.29, 0.717) is 19.5 Å². The molecule has 0 saturated heterocycles. The number of ether oxygens (including phenoxy) is 1. The minimum absolute atomic E-state index is 0. The number of fused-ring (bicyclic) bond motifs is 1. The first-order valence-corrected chi connectivity index (χ1v) is 7.20. The second-order valence-electron chi connectivity index (χ2n) is 5.08. The van der Waals surface area contributed by atoms with Crippen molar-refractivity contribution in [3.8, 4) is 0 Å². The molecule has 0 saturated carbocycles. The van der Waals surface area contributed by atoms with Gasteiger partial charge in [-0.05, 0) is 22.8 Å². The van der Waals surface area contributed by atoms with Crippen LogP contribution in [0.1, 0.15) is 12.0 Å². The highest BCUT2D eigenvalue weighted by atomic mass is 35.5. The van der Waals surface area contributed by atoms with Crippen molar-refractivity contribution < 1.29 is 9.53 Å². The van der Waals surface area contributed by atoms with Crippen molar-refractivity contribution in [2.24, 2.45) is 5.73 Å². The summed E-state index contributed by atoms with van der Waals surface area (Å²) in [6, 6.07) is 14.6. The van der Waals surface area contributed by atoms with Gasteiger partial charge < -0.3 is 15.8 Å². The van der Waals surface area contributed by atoms with Crippen LogP contribution in [0.5, 0.6) is 0 Å². The second kappa shape index (κ2) is 9.41. The Morgan fingerprint density at radius 1 is 1.23 bits per heavy atom. The first-order chi connectivity index (χ1) is 10.2. The van der Waals surface area contributed by atoms with E-state index in [1.54, 1.807) is 7.11 Å². The average molecular weight is 323 g/mol. The van der Waals surface area contributed by atoms with Crippen LogP contribution in [-0.2, 0) is 16.0 Å². The van der Waals surface area contributed by atoms with Crippen molar-refractivity contribution >= 4 is 29.1 Å². The predicted octanol–water partition coefficient (Wildman–Crippen LogP) is 2.28. The largest absolute Gasteiger partial charge is 0.380 e. The summed E-state index contributed by atoms with van der Waals surface area (Å²) in [7, 11) is 1.57. The Balaban J connectivity index is 0.00000242. The zero-order chi connectivity index (χ0) is 15.1. The van der Waals surface area contributed by atoms with Gasteiger partial charge in [-0.25, -0.2) is 0 Å². The highest BCUT2D eigenvalue weighted by Crippen LogP contribution is 2.15. The molecule has 2 aromatic carbocycles. The van der Waals surface area contributed by atoms with Crippen LogP contribution in [0, 0.1) is 0 Å². The maximum Gasteiger partial charge on any atom is 0.222 e. The van der Waals surface area contributed by atoms with E-state index in [4.69, 9.17) is 10.5 Å². The van der Waals surface area contributed by atoms with Gasteiger partial charge in [0.25, 0.3) is 0 Å². The van der Waals surface area contributed by atoms with Crippen molar-refractivity contribution in [3.05, 3.63) is 48.0 Å². The summed E-state index contributed by atoms with van der Waals surface area (Å²) in [6.45, 7) is 0.979. The van der Waals surface area contributed by atoms with E-state index in [9.17, 15) is 4.79 Å². The lowest BCUT2D eigenvalue weighted by atomic mass is 10.1. The van der Waals surface area contributed by atoms with Gasteiger partial charge >= 0.3 is 0 Å². The molecule has 5 heteroatoms. The highest BCUT2D eigenvalue weighted by Gasteiger charge is 2.10. The lowest BCUT2D eigenvalue weighted by molar-refractivity contribution is -0.123. The van der Waals surface area contributed by atoms with E-state index < -0.39 is 0 Å². The molecule has 120 valence electrons. The number of carbonyl (C=O) groups excluding carboxylic acids is 1. The van der Waals surface area contributed by atoms with E-state index >= 15 is 0 Å². The molecule has 22 heavy (non-hydrogen) atoms. The summed E-state index contributed by atoms with van der Waals surface area (Å²) in [4.78, 5) is 11.7. The summed E-state index contributed by atoms with van der Waals surface area (Å²) in [5.41, 5.74) is 6.72. The smallest absolute Gasteiger partial charge is 0.222 e. The topological polar surface area (TPSA) is 64.3 Å². The summed E-state index contributed by atoms with van der Waals surface area (Å²) in [6.07, 6.45) is 0.923. The Morgan fingerprint density at radius 2 is 1.95 bits per heavy atom. The van der Waals surface area contributed by atoms with Crippen LogP contribution in [0.25, 0.3) is 10.8 Å². The van der Waals surface area contributed by atoms with E-state index in [-0.39, 0.29) is 24.4 Å². The van der Waals surface area contributed by atoms with Crippen LogP contribution in [0.2, 0.25) is 0 Å². The molecular formula is C17H23ClN2O2. The van der Waals surface area contributed by atoms with Gasteiger partial charge in [0, 0.05) is 20.2 Å². The third-order valence-electron chi connectivity index (χ3n) is 3.56. The van der Waals surface area contributed by atoms with Crippen molar-refractivity contribution in [3.63, 3.8) is 0 Å². The third-order valence-corrected chi connectivity index (χ3v) is 3.56. The van der Waals surface area contributed by atoms with E-state index in [1.807, 2.05) is 12.1 Å². The number of carbonyl (C=O) groups is 1. The average Bonchev–Trinajstić information content (AvgIpc) is 2.52. The zero-order valence-corrected chi connectivity index (χ0v) is 13.6. The zero-order valence-electron chi connectivity index (χ0n) is 12.7. The molecule has 0 aliphatic rings. The molecule has 2 aromatic rings. The van der Waals surface area contributed by atoms with Crippen molar-refractivity contribution in [2.45, 2.75) is 18.9 Å². The number of nitrogens with two attached hydrogens (primary N) is 1. The molecule has 0 fully saturated rings. The maximum absolute atomic E-state index is 11.7. The highest BCUT2D eigenvalue weighted by molar-refractivity contribution is 5.85. The molecule has 1 unspecified atom stereocenters. The fourth-order valence-electron chi connectivity index (χ4n) is 2.28. The number of halogens is 1. The van der Waals surface area contributed by atoms with E-state index in [2.05, 4.69) is 35.6 Å². The molecule has 1 atom stereocenters. The molecule has 0 aliphatic heterocycles. The number of methoxy groups -OCH3 is 1. The number of hydrogen-bond acceptors (Lipinski definition) is 3. The minimum atomic E-state index is -0.203. The van der Waals surface area contributed by atoms with Gasteiger partial charge in [-0.2, -0.15) is 0 Å². The van der Waals surface area contributed by atoms with Crippen LogP contribution in [0.15, 0.2) is 42.5 Å². The Morgan fingerprint density at radius 3 is 2.64 bits per heavy atom. The SMILES string of the molecule is COC(CN)CC(=O)NCCc1ccc2ccccc2c1.Cl. The monoisotopic (exact) mass is 322 g/mol. The van der Waals surface area contributed by atoms with Crippen molar-refractivity contribution in [1.82, 2.24) is 5.32 Å². The molecule has 0 spiro atoms. The Labute approximate surface area is 137 Å². The van der Waals surface area contributed by atoms with Crippen LogP contribution >= 0.6 is 12.4 Å². The minimum Gasteiger partial charge on any atom is -0.380 e. The molecule has 4 nitrogen and oxygen atoms in total. The quantitative estimate of drug-likeness (QED) is 0.822. The van der Waals surface area contributed by atoms with Crippen LogP contribution in [0.3, 0.4) is 0 Å².